The Morgan fingerprint density at radius 2 is 1.97 bits per heavy atom. The molecular weight excluding hydrogens is 398 g/mol. The average molecular weight is 430 g/mol. The summed E-state index contributed by atoms with van der Waals surface area (Å²) in [6.07, 6.45) is 4.87. The first-order chi connectivity index (χ1) is 15.6. The van der Waals surface area contributed by atoms with Gasteiger partial charge < -0.3 is 15.0 Å². The van der Waals surface area contributed by atoms with Gasteiger partial charge in [-0.3, -0.25) is 4.90 Å². The lowest BCUT2D eigenvalue weighted by molar-refractivity contribution is 0.257. The highest BCUT2D eigenvalue weighted by Crippen LogP contribution is 2.32. The zero-order chi connectivity index (χ0) is 22.3. The van der Waals surface area contributed by atoms with Crippen LogP contribution in [0.15, 0.2) is 73.3 Å². The van der Waals surface area contributed by atoms with Crippen molar-refractivity contribution in [1.82, 2.24) is 4.90 Å². The van der Waals surface area contributed by atoms with Gasteiger partial charge in [0.15, 0.2) is 0 Å². The van der Waals surface area contributed by atoms with E-state index in [2.05, 4.69) is 42.0 Å². The number of rotatable bonds is 9. The van der Waals surface area contributed by atoms with Gasteiger partial charge in [-0.05, 0) is 79.5 Å². The van der Waals surface area contributed by atoms with E-state index in [1.165, 1.54) is 0 Å². The van der Waals surface area contributed by atoms with Crippen LogP contribution in [0.4, 0.5) is 16.2 Å². The van der Waals surface area contributed by atoms with Crippen LogP contribution in [0.5, 0.6) is 5.75 Å². The molecule has 5 nitrogen and oxygen atoms in total. The molecule has 0 bridgehead atoms. The maximum Gasteiger partial charge on any atom is 0.326 e. The molecule has 3 aromatic carbocycles. The van der Waals surface area contributed by atoms with Crippen LogP contribution in [-0.4, -0.2) is 44.2 Å². The second-order valence-corrected chi connectivity index (χ2v) is 8.29. The molecule has 0 saturated heterocycles. The summed E-state index contributed by atoms with van der Waals surface area (Å²) in [5, 5.41) is 5.32. The number of fused-ring (bicyclic) bond motifs is 2. The molecule has 0 fully saturated rings. The van der Waals surface area contributed by atoms with Crippen LogP contribution in [0, 0.1) is 0 Å². The number of urea groups is 1. The van der Waals surface area contributed by atoms with Gasteiger partial charge in [0.1, 0.15) is 5.75 Å². The van der Waals surface area contributed by atoms with E-state index in [0.29, 0.717) is 13.2 Å². The molecule has 166 valence electrons. The van der Waals surface area contributed by atoms with E-state index in [1.807, 2.05) is 53.4 Å². The molecule has 0 atom stereocenters. The minimum absolute atomic E-state index is 0.101. The SMILES string of the molecule is C=CCN(C)CCCCOc1ccc2c(c1)CCN2C(=O)Nc1ccc2ccccc2c1. The zero-order valence-corrected chi connectivity index (χ0v) is 18.7. The molecule has 4 rings (SSSR count). The number of ether oxygens (including phenoxy) is 1. The Morgan fingerprint density at radius 1 is 1.12 bits per heavy atom. The van der Waals surface area contributed by atoms with Crippen molar-refractivity contribution >= 4 is 28.2 Å². The molecule has 0 radical (unpaired) electrons. The molecule has 0 saturated carbocycles. The fraction of sp³-hybridized carbons (Fsp3) is 0.296. The topological polar surface area (TPSA) is 44.8 Å². The fourth-order valence-corrected chi connectivity index (χ4v) is 4.12. The Morgan fingerprint density at radius 3 is 2.81 bits per heavy atom. The number of anilines is 2. The van der Waals surface area contributed by atoms with Crippen LogP contribution >= 0.6 is 0 Å². The van der Waals surface area contributed by atoms with Crippen LogP contribution < -0.4 is 15.0 Å². The number of carbonyl (C=O) groups excluding carboxylic acids is 1. The maximum atomic E-state index is 12.9. The van der Waals surface area contributed by atoms with Crippen molar-refractivity contribution in [2.75, 3.05) is 43.5 Å². The standard InChI is InChI=1S/C27H31N3O2/c1-3-15-29(2)16-6-7-18-32-25-12-13-26-23(20-25)14-17-30(26)27(31)28-24-11-10-21-8-4-5-9-22(21)19-24/h3-5,8-13,19-20H,1,6-7,14-18H2,2H3,(H,28,31). The maximum absolute atomic E-state index is 12.9. The third-order valence-corrected chi connectivity index (χ3v) is 5.84. The Labute approximate surface area is 190 Å². The molecule has 5 heteroatoms. The predicted octanol–water partition coefficient (Wildman–Crippen LogP) is 5.71. The number of hydrogen-bond donors (Lipinski definition) is 1. The summed E-state index contributed by atoms with van der Waals surface area (Å²) in [7, 11) is 2.10. The minimum Gasteiger partial charge on any atom is -0.494 e. The van der Waals surface area contributed by atoms with E-state index >= 15 is 0 Å². The highest BCUT2D eigenvalue weighted by atomic mass is 16.5. The van der Waals surface area contributed by atoms with Gasteiger partial charge in [0.2, 0.25) is 0 Å². The summed E-state index contributed by atoms with van der Waals surface area (Å²) in [5.41, 5.74) is 2.92. The summed E-state index contributed by atoms with van der Waals surface area (Å²) < 4.78 is 5.95. The smallest absolute Gasteiger partial charge is 0.326 e. The van der Waals surface area contributed by atoms with Crippen molar-refractivity contribution in [3.8, 4) is 5.75 Å². The summed E-state index contributed by atoms with van der Waals surface area (Å²) in [6, 6.07) is 20.1. The third-order valence-electron chi connectivity index (χ3n) is 5.84. The summed E-state index contributed by atoms with van der Waals surface area (Å²) in [6.45, 7) is 7.10. The van der Waals surface area contributed by atoms with Crippen LogP contribution in [0.2, 0.25) is 0 Å². The fourth-order valence-electron chi connectivity index (χ4n) is 4.12. The van der Waals surface area contributed by atoms with Gasteiger partial charge in [-0.15, -0.1) is 6.58 Å². The van der Waals surface area contributed by atoms with Crippen LogP contribution in [0.1, 0.15) is 18.4 Å². The normalized spacial score (nSPS) is 12.8. The van der Waals surface area contributed by atoms with Gasteiger partial charge in [-0.2, -0.15) is 0 Å². The zero-order valence-electron chi connectivity index (χ0n) is 18.7. The Hall–Kier alpha value is -3.31. The Bertz CT molecular complexity index is 1100. The van der Waals surface area contributed by atoms with Gasteiger partial charge in [0, 0.05) is 24.5 Å². The molecule has 32 heavy (non-hydrogen) atoms. The van der Waals surface area contributed by atoms with E-state index in [9.17, 15) is 4.79 Å². The molecule has 0 spiro atoms. The van der Waals surface area contributed by atoms with Gasteiger partial charge in [-0.1, -0.05) is 36.4 Å². The first kappa shape index (κ1) is 21.9. The Kier molecular flexibility index (Phi) is 7.07. The van der Waals surface area contributed by atoms with Crippen molar-refractivity contribution in [2.45, 2.75) is 19.3 Å². The number of amides is 2. The van der Waals surface area contributed by atoms with Crippen molar-refractivity contribution in [1.29, 1.82) is 0 Å². The predicted molar refractivity (Wildman–Crippen MR) is 133 cm³/mol. The lowest BCUT2D eigenvalue weighted by Gasteiger charge is -2.19. The molecule has 1 aliphatic rings. The quantitative estimate of drug-likeness (QED) is 0.350. The number of benzene rings is 3. The lowest BCUT2D eigenvalue weighted by atomic mass is 10.1. The number of hydrogen-bond acceptors (Lipinski definition) is 3. The Balaban J connectivity index is 1.31. The first-order valence-corrected chi connectivity index (χ1v) is 11.3. The number of unbranched alkanes of at least 4 members (excludes halogenated alkanes) is 1. The van der Waals surface area contributed by atoms with Crippen LogP contribution in [-0.2, 0) is 6.42 Å². The molecule has 2 amide bonds. The molecular formula is C27H31N3O2. The highest BCUT2D eigenvalue weighted by Gasteiger charge is 2.25. The average Bonchev–Trinajstić information content (AvgIpc) is 3.22. The first-order valence-electron chi connectivity index (χ1n) is 11.3. The molecule has 1 heterocycles. The summed E-state index contributed by atoms with van der Waals surface area (Å²) in [4.78, 5) is 17.0. The minimum atomic E-state index is -0.101. The van der Waals surface area contributed by atoms with E-state index < -0.39 is 0 Å². The monoisotopic (exact) mass is 429 g/mol. The molecule has 0 aliphatic carbocycles. The largest absolute Gasteiger partial charge is 0.494 e. The number of likely N-dealkylation sites (N-methyl/N-ethyl adjacent to an activating group) is 1. The van der Waals surface area contributed by atoms with Gasteiger partial charge in [0.05, 0.1) is 6.61 Å². The lowest BCUT2D eigenvalue weighted by Crippen LogP contribution is -2.33. The van der Waals surface area contributed by atoms with E-state index in [1.54, 1.807) is 0 Å². The summed E-state index contributed by atoms with van der Waals surface area (Å²) >= 11 is 0. The molecule has 1 N–H and O–H groups in total. The van der Waals surface area contributed by atoms with Crippen LogP contribution in [0.25, 0.3) is 10.8 Å². The van der Waals surface area contributed by atoms with E-state index in [4.69, 9.17) is 4.74 Å². The van der Waals surface area contributed by atoms with Crippen molar-refractivity contribution in [2.24, 2.45) is 0 Å². The second-order valence-electron chi connectivity index (χ2n) is 8.29. The number of nitrogens with zero attached hydrogens (tertiary/aromatic N) is 2. The second kappa shape index (κ2) is 10.3. The van der Waals surface area contributed by atoms with E-state index in [-0.39, 0.29) is 6.03 Å². The highest BCUT2D eigenvalue weighted by molar-refractivity contribution is 6.04. The van der Waals surface area contributed by atoms with Crippen molar-refractivity contribution in [3.05, 3.63) is 78.9 Å². The van der Waals surface area contributed by atoms with Crippen molar-refractivity contribution in [3.63, 3.8) is 0 Å². The van der Waals surface area contributed by atoms with Gasteiger partial charge in [-0.25, -0.2) is 4.79 Å². The third kappa shape index (κ3) is 5.29. The molecule has 0 aromatic heterocycles. The molecule has 0 unspecified atom stereocenters. The van der Waals surface area contributed by atoms with Gasteiger partial charge >= 0.3 is 6.03 Å². The number of nitrogens with one attached hydrogen (secondary N) is 1. The van der Waals surface area contributed by atoms with Gasteiger partial charge in [0.25, 0.3) is 0 Å². The van der Waals surface area contributed by atoms with Crippen molar-refractivity contribution < 1.29 is 9.53 Å². The summed E-state index contributed by atoms with van der Waals surface area (Å²) in [5.74, 6) is 0.875. The molecule has 3 aromatic rings. The van der Waals surface area contributed by atoms with Crippen LogP contribution in [0.3, 0.4) is 0 Å². The molecule has 1 aliphatic heterocycles. The number of carbonyl (C=O) groups is 1. The van der Waals surface area contributed by atoms with E-state index in [0.717, 1.165) is 65.8 Å².